The van der Waals surface area contributed by atoms with Gasteiger partial charge in [0, 0.05) is 36.2 Å². The van der Waals surface area contributed by atoms with E-state index in [2.05, 4.69) is 37.9 Å². The normalized spacial score (nSPS) is 11.9. The van der Waals surface area contributed by atoms with Crippen molar-refractivity contribution >= 4 is 22.4 Å². The third kappa shape index (κ3) is 2.77. The second-order valence-electron chi connectivity index (χ2n) is 6.82. The largest absolute Gasteiger partial charge is 0.317 e. The molecule has 0 unspecified atom stereocenters. The maximum absolute atomic E-state index is 12.3. The maximum Gasteiger partial charge on any atom is 0.259 e. The summed E-state index contributed by atoms with van der Waals surface area (Å²) in [4.78, 5) is 16.3. The van der Waals surface area contributed by atoms with E-state index < -0.39 is 0 Å². The molecule has 118 valence electrons. The molecule has 0 bridgehead atoms. The zero-order valence-electron chi connectivity index (χ0n) is 13.7. The van der Waals surface area contributed by atoms with E-state index >= 15 is 0 Å². The minimum absolute atomic E-state index is 0.00879. The Hall–Kier alpha value is -2.13. The van der Waals surface area contributed by atoms with Crippen LogP contribution >= 0.6 is 11.6 Å². The van der Waals surface area contributed by atoms with Crippen LogP contribution in [0.4, 0.5) is 0 Å². The van der Waals surface area contributed by atoms with Crippen molar-refractivity contribution in [3.8, 4) is 11.1 Å². The Bertz CT molecular complexity index is 952. The minimum Gasteiger partial charge on any atom is -0.317 e. The van der Waals surface area contributed by atoms with Gasteiger partial charge in [-0.3, -0.25) is 9.78 Å². The van der Waals surface area contributed by atoms with Gasteiger partial charge in [0.15, 0.2) is 0 Å². The Labute approximate surface area is 140 Å². The predicted molar refractivity (Wildman–Crippen MR) is 96.1 cm³/mol. The van der Waals surface area contributed by atoms with Gasteiger partial charge in [-0.2, -0.15) is 0 Å². The van der Waals surface area contributed by atoms with Crippen molar-refractivity contribution in [2.45, 2.75) is 26.2 Å². The van der Waals surface area contributed by atoms with Crippen molar-refractivity contribution in [1.29, 1.82) is 0 Å². The van der Waals surface area contributed by atoms with E-state index in [1.807, 2.05) is 18.3 Å². The first-order valence-electron chi connectivity index (χ1n) is 7.53. The van der Waals surface area contributed by atoms with Crippen LogP contribution in [0.1, 0.15) is 26.3 Å². The molecule has 0 amide bonds. The van der Waals surface area contributed by atoms with Gasteiger partial charge in [0.25, 0.3) is 5.56 Å². The van der Waals surface area contributed by atoms with Gasteiger partial charge in [-0.05, 0) is 34.1 Å². The van der Waals surface area contributed by atoms with E-state index in [4.69, 9.17) is 11.6 Å². The third-order valence-corrected chi connectivity index (χ3v) is 4.39. The number of hydrogen-bond acceptors (Lipinski definition) is 2. The summed E-state index contributed by atoms with van der Waals surface area (Å²) in [6.07, 6.45) is 5.18. The van der Waals surface area contributed by atoms with Gasteiger partial charge in [0.2, 0.25) is 0 Å². The molecule has 0 aliphatic heterocycles. The summed E-state index contributed by atoms with van der Waals surface area (Å²) >= 11 is 6.51. The SMILES string of the molecule is Cn1cc(-c2ccc(C(C)(C)C)c(Cl)c2)c2ccncc2c1=O. The van der Waals surface area contributed by atoms with E-state index in [0.29, 0.717) is 5.39 Å². The van der Waals surface area contributed by atoms with Crippen molar-refractivity contribution in [2.24, 2.45) is 7.05 Å². The lowest BCUT2D eigenvalue weighted by atomic mass is 9.86. The van der Waals surface area contributed by atoms with Crippen LogP contribution in [0.15, 0.2) is 47.7 Å². The highest BCUT2D eigenvalue weighted by Crippen LogP contribution is 2.34. The zero-order chi connectivity index (χ0) is 16.8. The van der Waals surface area contributed by atoms with Crippen molar-refractivity contribution < 1.29 is 0 Å². The maximum atomic E-state index is 12.3. The van der Waals surface area contributed by atoms with Gasteiger partial charge < -0.3 is 4.57 Å². The highest BCUT2D eigenvalue weighted by Gasteiger charge is 2.18. The van der Waals surface area contributed by atoms with Crippen LogP contribution in [0.3, 0.4) is 0 Å². The first-order chi connectivity index (χ1) is 10.8. The molecule has 2 heterocycles. The van der Waals surface area contributed by atoms with Crippen LogP contribution in [0.2, 0.25) is 5.02 Å². The van der Waals surface area contributed by atoms with E-state index in [0.717, 1.165) is 27.1 Å². The molecule has 0 saturated heterocycles. The van der Waals surface area contributed by atoms with Crippen LogP contribution in [-0.4, -0.2) is 9.55 Å². The zero-order valence-corrected chi connectivity index (χ0v) is 14.5. The smallest absolute Gasteiger partial charge is 0.259 e. The van der Waals surface area contributed by atoms with Crippen LogP contribution in [0.25, 0.3) is 21.9 Å². The van der Waals surface area contributed by atoms with Crippen LogP contribution in [-0.2, 0) is 12.5 Å². The monoisotopic (exact) mass is 326 g/mol. The van der Waals surface area contributed by atoms with Gasteiger partial charge in [-0.15, -0.1) is 0 Å². The topological polar surface area (TPSA) is 34.9 Å². The molecule has 0 radical (unpaired) electrons. The Morgan fingerprint density at radius 3 is 2.52 bits per heavy atom. The van der Waals surface area contributed by atoms with Crippen molar-refractivity contribution in [3.63, 3.8) is 0 Å². The highest BCUT2D eigenvalue weighted by molar-refractivity contribution is 6.31. The molecule has 3 nitrogen and oxygen atoms in total. The summed E-state index contributed by atoms with van der Waals surface area (Å²) in [6, 6.07) is 7.97. The summed E-state index contributed by atoms with van der Waals surface area (Å²) in [5.41, 5.74) is 3.03. The molecule has 2 aromatic heterocycles. The van der Waals surface area contributed by atoms with Crippen LogP contribution < -0.4 is 5.56 Å². The van der Waals surface area contributed by atoms with Crippen molar-refractivity contribution in [1.82, 2.24) is 9.55 Å². The number of nitrogens with zero attached hydrogens (tertiary/aromatic N) is 2. The summed E-state index contributed by atoms with van der Waals surface area (Å²) in [6.45, 7) is 6.42. The molecule has 23 heavy (non-hydrogen) atoms. The minimum atomic E-state index is -0.0470. The first-order valence-corrected chi connectivity index (χ1v) is 7.90. The van der Waals surface area contributed by atoms with Crippen LogP contribution in [0.5, 0.6) is 0 Å². The lowest BCUT2D eigenvalue weighted by Crippen LogP contribution is -2.16. The molecule has 3 aromatic rings. The van der Waals surface area contributed by atoms with Gasteiger partial charge >= 0.3 is 0 Å². The molecule has 0 aliphatic carbocycles. The number of hydrogen-bond donors (Lipinski definition) is 0. The Kier molecular flexibility index (Phi) is 3.77. The standard InChI is InChI=1S/C19H19ClN2O/c1-19(2,3)16-6-5-12(9-17(16)20)15-11-22(4)18(23)14-10-21-8-7-13(14)15/h5-11H,1-4H3. The second-order valence-corrected chi connectivity index (χ2v) is 7.23. The number of halogens is 1. The Morgan fingerprint density at radius 2 is 1.87 bits per heavy atom. The predicted octanol–water partition coefficient (Wildman–Crippen LogP) is 4.55. The summed E-state index contributed by atoms with van der Waals surface area (Å²) in [5, 5.41) is 2.25. The fourth-order valence-electron chi connectivity index (χ4n) is 2.83. The molecule has 1 aromatic carbocycles. The highest BCUT2D eigenvalue weighted by atomic mass is 35.5. The molecule has 4 heteroatoms. The lowest BCUT2D eigenvalue weighted by Gasteiger charge is -2.21. The quantitative estimate of drug-likeness (QED) is 0.657. The summed E-state index contributed by atoms with van der Waals surface area (Å²) in [7, 11) is 1.75. The fraction of sp³-hybridized carbons (Fsp3) is 0.263. The molecule has 3 rings (SSSR count). The number of aromatic nitrogens is 2. The lowest BCUT2D eigenvalue weighted by molar-refractivity contribution is 0.590. The van der Waals surface area contributed by atoms with Crippen molar-refractivity contribution in [3.05, 3.63) is 63.8 Å². The molecule has 0 aliphatic rings. The molecule has 0 N–H and O–H groups in total. The van der Waals surface area contributed by atoms with Gasteiger partial charge in [-0.25, -0.2) is 0 Å². The van der Waals surface area contributed by atoms with E-state index in [1.165, 1.54) is 0 Å². The molecule has 0 spiro atoms. The molecule has 0 fully saturated rings. The third-order valence-electron chi connectivity index (χ3n) is 4.07. The van der Waals surface area contributed by atoms with E-state index in [-0.39, 0.29) is 11.0 Å². The summed E-state index contributed by atoms with van der Waals surface area (Å²) < 4.78 is 1.59. The number of aryl methyl sites for hydroxylation is 1. The van der Waals surface area contributed by atoms with E-state index in [1.54, 1.807) is 24.0 Å². The molecular weight excluding hydrogens is 308 g/mol. The summed E-state index contributed by atoms with van der Waals surface area (Å²) in [5.74, 6) is 0. The fourth-order valence-corrected chi connectivity index (χ4v) is 3.30. The Balaban J connectivity index is 2.28. The molecule has 0 saturated carbocycles. The number of benzene rings is 1. The number of fused-ring (bicyclic) bond motifs is 1. The Morgan fingerprint density at radius 1 is 1.13 bits per heavy atom. The molecule has 0 atom stereocenters. The average Bonchev–Trinajstić information content (AvgIpc) is 2.49. The molecular formula is C19H19ClN2O. The van der Waals surface area contributed by atoms with Crippen molar-refractivity contribution in [2.75, 3.05) is 0 Å². The van der Waals surface area contributed by atoms with E-state index in [9.17, 15) is 4.79 Å². The van der Waals surface area contributed by atoms with Crippen LogP contribution in [0, 0.1) is 0 Å². The second kappa shape index (κ2) is 5.50. The number of pyridine rings is 2. The van der Waals surface area contributed by atoms with Gasteiger partial charge in [-0.1, -0.05) is 44.5 Å². The first kappa shape index (κ1) is 15.8. The van der Waals surface area contributed by atoms with Gasteiger partial charge in [0.05, 0.1) is 5.39 Å². The van der Waals surface area contributed by atoms with Gasteiger partial charge in [0.1, 0.15) is 0 Å². The average molecular weight is 327 g/mol. The number of rotatable bonds is 1.